The van der Waals surface area contributed by atoms with Crippen molar-refractivity contribution in [3.63, 3.8) is 0 Å². The fraction of sp³-hybridized carbons (Fsp3) is 0.333. The molecule has 3 heterocycles. The van der Waals surface area contributed by atoms with E-state index in [0.29, 0.717) is 23.6 Å². The lowest BCUT2D eigenvalue weighted by molar-refractivity contribution is -0.286. The molecule has 0 bridgehead atoms. The molecule has 9 heteroatoms. The number of alkyl halides is 2. The molecule has 24 heavy (non-hydrogen) atoms. The van der Waals surface area contributed by atoms with Crippen LogP contribution in [0.4, 0.5) is 13.6 Å². The molecule has 0 atom stereocenters. The molecule has 1 aromatic carbocycles. The van der Waals surface area contributed by atoms with Crippen molar-refractivity contribution in [1.29, 1.82) is 0 Å². The van der Waals surface area contributed by atoms with E-state index in [-0.39, 0.29) is 17.5 Å². The maximum Gasteiger partial charge on any atom is 0.586 e. The zero-order valence-corrected chi connectivity index (χ0v) is 13.5. The normalized spacial score (nSPS) is 18.6. The van der Waals surface area contributed by atoms with Crippen LogP contribution in [0.5, 0.6) is 11.5 Å². The Morgan fingerprint density at radius 1 is 1.29 bits per heavy atom. The summed E-state index contributed by atoms with van der Waals surface area (Å²) in [6.45, 7) is 3.31. The molecule has 126 valence electrons. The van der Waals surface area contributed by atoms with Crippen molar-refractivity contribution in [2.45, 2.75) is 19.6 Å². The van der Waals surface area contributed by atoms with E-state index >= 15 is 0 Å². The van der Waals surface area contributed by atoms with Gasteiger partial charge in [-0.15, -0.1) is 20.1 Å². The second kappa shape index (κ2) is 5.30. The van der Waals surface area contributed by atoms with Crippen LogP contribution >= 0.6 is 11.3 Å². The van der Waals surface area contributed by atoms with Crippen LogP contribution in [0.25, 0.3) is 5.69 Å². The van der Waals surface area contributed by atoms with Crippen molar-refractivity contribution < 1.29 is 23.0 Å². The summed E-state index contributed by atoms with van der Waals surface area (Å²) in [6, 6.07) is 4.18. The summed E-state index contributed by atoms with van der Waals surface area (Å²) in [4.78, 5) is 19.3. The largest absolute Gasteiger partial charge is 0.586 e. The van der Waals surface area contributed by atoms with Gasteiger partial charge in [0.2, 0.25) is 0 Å². The van der Waals surface area contributed by atoms with Crippen LogP contribution in [0.1, 0.15) is 11.3 Å². The van der Waals surface area contributed by atoms with Gasteiger partial charge in [0.15, 0.2) is 16.3 Å². The summed E-state index contributed by atoms with van der Waals surface area (Å²) < 4.78 is 36.8. The van der Waals surface area contributed by atoms with Crippen molar-refractivity contribution in [2.75, 3.05) is 13.1 Å². The molecule has 4 rings (SSSR count). The number of amides is 2. The minimum absolute atomic E-state index is 0.0218. The molecule has 2 amide bonds. The molecule has 0 N–H and O–H groups in total. The van der Waals surface area contributed by atoms with E-state index in [9.17, 15) is 13.6 Å². The van der Waals surface area contributed by atoms with Gasteiger partial charge in [0.25, 0.3) is 0 Å². The number of thiazole rings is 1. The van der Waals surface area contributed by atoms with Crippen LogP contribution in [0.2, 0.25) is 0 Å². The quantitative estimate of drug-likeness (QED) is 0.792. The number of nitrogens with zero attached hydrogens (tertiary/aromatic N) is 3. The Morgan fingerprint density at radius 3 is 2.75 bits per heavy atom. The number of hydrogen-bond acceptors (Lipinski definition) is 4. The Hall–Kier alpha value is -2.42. The van der Waals surface area contributed by atoms with Crippen LogP contribution in [0.3, 0.4) is 0 Å². The molecule has 0 spiro atoms. The van der Waals surface area contributed by atoms with Crippen molar-refractivity contribution >= 4 is 17.4 Å². The van der Waals surface area contributed by atoms with E-state index < -0.39 is 6.29 Å². The molecule has 0 saturated carbocycles. The van der Waals surface area contributed by atoms with E-state index in [1.54, 1.807) is 21.7 Å². The zero-order chi connectivity index (χ0) is 16.9. The third-order valence-electron chi connectivity index (χ3n) is 3.75. The number of aryl methyl sites for hydroxylation is 1. The van der Waals surface area contributed by atoms with Gasteiger partial charge in [0, 0.05) is 30.2 Å². The standard InChI is InChI=1S/C15H13F2N3O3S/c1-9-8-20(14(24-9)18-13(21)19-5-2-6-19)10-3-4-11-12(7-10)23-15(16,17)22-11/h3-4,7-8H,2,5-6H2,1H3. The van der Waals surface area contributed by atoms with Crippen molar-refractivity contribution in [3.8, 4) is 17.2 Å². The predicted molar refractivity (Wildman–Crippen MR) is 81.7 cm³/mol. The molecule has 6 nitrogen and oxygen atoms in total. The van der Waals surface area contributed by atoms with E-state index in [1.165, 1.54) is 23.5 Å². The number of aromatic nitrogens is 1. The first-order valence-corrected chi connectivity index (χ1v) is 8.16. The Labute approximate surface area is 139 Å². The van der Waals surface area contributed by atoms with Gasteiger partial charge in [-0.1, -0.05) is 0 Å². The Balaban J connectivity index is 1.73. The van der Waals surface area contributed by atoms with E-state index in [2.05, 4.69) is 14.5 Å². The number of benzene rings is 1. The van der Waals surface area contributed by atoms with Gasteiger partial charge < -0.3 is 14.4 Å². The average Bonchev–Trinajstić information content (AvgIpc) is 2.93. The highest BCUT2D eigenvalue weighted by Crippen LogP contribution is 2.41. The minimum atomic E-state index is -3.66. The topological polar surface area (TPSA) is 56.1 Å². The second-order valence-corrected chi connectivity index (χ2v) is 6.74. The molecule has 1 saturated heterocycles. The zero-order valence-electron chi connectivity index (χ0n) is 12.7. The van der Waals surface area contributed by atoms with Crippen LogP contribution in [0, 0.1) is 6.92 Å². The summed E-state index contributed by atoms with van der Waals surface area (Å²) in [5, 5.41) is 0. The highest BCUT2D eigenvalue weighted by molar-refractivity contribution is 7.09. The van der Waals surface area contributed by atoms with Gasteiger partial charge in [0.1, 0.15) is 0 Å². The SMILES string of the molecule is Cc1cn(-c2ccc3c(c2)OC(F)(F)O3)c(=NC(=O)N2CCC2)s1. The molecule has 1 aromatic heterocycles. The van der Waals surface area contributed by atoms with E-state index in [4.69, 9.17) is 0 Å². The molecule has 0 radical (unpaired) electrons. The molecular weight excluding hydrogens is 340 g/mol. The first-order chi connectivity index (χ1) is 11.4. The number of likely N-dealkylation sites (tertiary alicyclic amines) is 1. The Kier molecular flexibility index (Phi) is 3.34. The first-order valence-electron chi connectivity index (χ1n) is 7.34. The van der Waals surface area contributed by atoms with Gasteiger partial charge in [-0.05, 0) is 25.5 Å². The summed E-state index contributed by atoms with van der Waals surface area (Å²) in [6.07, 6.45) is -0.874. The van der Waals surface area contributed by atoms with Gasteiger partial charge in [-0.3, -0.25) is 4.57 Å². The molecule has 0 aliphatic carbocycles. The smallest absolute Gasteiger partial charge is 0.395 e. The fourth-order valence-electron chi connectivity index (χ4n) is 2.47. The maximum absolute atomic E-state index is 13.1. The van der Waals surface area contributed by atoms with Crippen LogP contribution < -0.4 is 14.3 Å². The lowest BCUT2D eigenvalue weighted by Crippen LogP contribution is -2.41. The molecule has 2 aromatic rings. The number of urea groups is 1. The van der Waals surface area contributed by atoms with Crippen LogP contribution in [-0.4, -0.2) is 34.9 Å². The summed E-state index contributed by atoms with van der Waals surface area (Å²) in [7, 11) is 0. The Morgan fingerprint density at radius 2 is 2.04 bits per heavy atom. The predicted octanol–water partition coefficient (Wildman–Crippen LogP) is 2.90. The van der Waals surface area contributed by atoms with Gasteiger partial charge in [-0.25, -0.2) is 4.79 Å². The highest BCUT2D eigenvalue weighted by atomic mass is 32.1. The number of carbonyl (C=O) groups is 1. The number of rotatable bonds is 1. The molecule has 1 fully saturated rings. The third kappa shape index (κ3) is 2.64. The summed E-state index contributed by atoms with van der Waals surface area (Å²) in [5.74, 6) is -0.0691. The first kappa shape index (κ1) is 15.1. The second-order valence-electron chi connectivity index (χ2n) is 5.53. The highest BCUT2D eigenvalue weighted by Gasteiger charge is 2.43. The molecule has 2 aliphatic heterocycles. The molecule has 2 aliphatic rings. The number of carbonyl (C=O) groups excluding carboxylic acids is 1. The van der Waals surface area contributed by atoms with Crippen LogP contribution in [-0.2, 0) is 0 Å². The number of halogens is 2. The van der Waals surface area contributed by atoms with Crippen molar-refractivity contribution in [1.82, 2.24) is 9.47 Å². The molecular formula is C15H13F2N3O3S. The lowest BCUT2D eigenvalue weighted by atomic mass is 10.2. The minimum Gasteiger partial charge on any atom is -0.395 e. The van der Waals surface area contributed by atoms with Gasteiger partial charge in [0.05, 0.1) is 5.69 Å². The third-order valence-corrected chi connectivity index (χ3v) is 4.65. The monoisotopic (exact) mass is 353 g/mol. The Bertz CT molecular complexity index is 886. The van der Waals surface area contributed by atoms with Crippen LogP contribution in [0.15, 0.2) is 29.4 Å². The van der Waals surface area contributed by atoms with Crippen molar-refractivity contribution in [3.05, 3.63) is 34.1 Å². The van der Waals surface area contributed by atoms with Gasteiger partial charge >= 0.3 is 12.3 Å². The maximum atomic E-state index is 13.1. The van der Waals surface area contributed by atoms with E-state index in [1.807, 2.05) is 6.92 Å². The molecule has 0 unspecified atom stereocenters. The number of ether oxygens (including phenoxy) is 2. The number of fused-ring (bicyclic) bond motifs is 1. The average molecular weight is 353 g/mol. The lowest BCUT2D eigenvalue weighted by Gasteiger charge is -2.28. The number of hydrogen-bond donors (Lipinski definition) is 0. The summed E-state index contributed by atoms with van der Waals surface area (Å²) in [5.41, 5.74) is 0.564. The van der Waals surface area contributed by atoms with Crippen molar-refractivity contribution in [2.24, 2.45) is 4.99 Å². The fourth-order valence-corrected chi connectivity index (χ4v) is 3.29. The summed E-state index contributed by atoms with van der Waals surface area (Å²) >= 11 is 1.35. The van der Waals surface area contributed by atoms with E-state index in [0.717, 1.165) is 11.3 Å². The van der Waals surface area contributed by atoms with Gasteiger partial charge in [-0.2, -0.15) is 4.99 Å².